The molecule has 8 heteroatoms. The van der Waals surface area contributed by atoms with Crippen LogP contribution in [0, 0.1) is 5.92 Å². The van der Waals surface area contributed by atoms with E-state index in [1.165, 1.54) is 12.1 Å². The third-order valence-corrected chi connectivity index (χ3v) is 4.48. The number of halogens is 4. The number of alkyl halides is 3. The minimum absolute atomic E-state index is 0. The minimum atomic E-state index is -4.51. The van der Waals surface area contributed by atoms with E-state index in [4.69, 9.17) is 4.74 Å². The van der Waals surface area contributed by atoms with Gasteiger partial charge in [-0.3, -0.25) is 4.79 Å². The Balaban J connectivity index is 0.00000364. The number of benzene rings is 1. The number of nitrogens with zero attached hydrogens (tertiary/aromatic N) is 1. The molecule has 0 aliphatic carbocycles. The standard InChI is InChI=1S/C19H25F3N2O2.ClH/c1-3-11-26-17-6-5-15(19(20,21)22)12-16(17)18(25)24-9-7-14(8-10-24)13-23-4-2;/h3,5-6,12,14,23H,1,4,7-11,13H2,2H3;1H. The molecular weight excluding hydrogens is 381 g/mol. The topological polar surface area (TPSA) is 41.6 Å². The molecule has 0 radical (unpaired) electrons. The van der Waals surface area contributed by atoms with E-state index in [2.05, 4.69) is 11.9 Å². The molecule has 1 aromatic carbocycles. The lowest BCUT2D eigenvalue weighted by Gasteiger charge is -2.32. The van der Waals surface area contributed by atoms with Gasteiger partial charge in [0, 0.05) is 13.1 Å². The zero-order chi connectivity index (χ0) is 19.2. The molecule has 1 fully saturated rings. The van der Waals surface area contributed by atoms with Gasteiger partial charge in [0.05, 0.1) is 11.1 Å². The fourth-order valence-electron chi connectivity index (χ4n) is 3.01. The lowest BCUT2D eigenvalue weighted by Crippen LogP contribution is -2.41. The molecule has 152 valence electrons. The van der Waals surface area contributed by atoms with Gasteiger partial charge in [0.2, 0.25) is 0 Å². The fraction of sp³-hybridized carbons (Fsp3) is 0.526. The van der Waals surface area contributed by atoms with Crippen LogP contribution in [0.2, 0.25) is 0 Å². The minimum Gasteiger partial charge on any atom is -0.489 e. The molecule has 4 nitrogen and oxygen atoms in total. The number of amides is 1. The molecule has 0 atom stereocenters. The van der Waals surface area contributed by atoms with Gasteiger partial charge in [0.1, 0.15) is 12.4 Å². The zero-order valence-electron chi connectivity index (χ0n) is 15.3. The number of nitrogens with one attached hydrogen (secondary N) is 1. The van der Waals surface area contributed by atoms with Crippen LogP contribution in [0.5, 0.6) is 5.75 Å². The predicted molar refractivity (Wildman–Crippen MR) is 102 cm³/mol. The number of carbonyl (C=O) groups excluding carboxylic acids is 1. The summed E-state index contributed by atoms with van der Waals surface area (Å²) in [5.41, 5.74) is -0.902. The molecule has 27 heavy (non-hydrogen) atoms. The first-order valence-corrected chi connectivity index (χ1v) is 8.81. The summed E-state index contributed by atoms with van der Waals surface area (Å²) in [5, 5.41) is 3.29. The van der Waals surface area contributed by atoms with Gasteiger partial charge in [0.25, 0.3) is 5.91 Å². The lowest BCUT2D eigenvalue weighted by atomic mass is 9.96. The number of rotatable bonds is 7. The van der Waals surface area contributed by atoms with E-state index < -0.39 is 17.6 Å². The van der Waals surface area contributed by atoms with E-state index >= 15 is 0 Å². The lowest BCUT2D eigenvalue weighted by molar-refractivity contribution is -0.137. The van der Waals surface area contributed by atoms with Gasteiger partial charge in [-0.25, -0.2) is 0 Å². The smallest absolute Gasteiger partial charge is 0.416 e. The van der Waals surface area contributed by atoms with Gasteiger partial charge in [-0.15, -0.1) is 12.4 Å². The molecule has 2 rings (SSSR count). The van der Waals surface area contributed by atoms with Gasteiger partial charge in [-0.1, -0.05) is 19.6 Å². The van der Waals surface area contributed by atoms with E-state index in [-0.39, 0.29) is 30.3 Å². The van der Waals surface area contributed by atoms with Crippen LogP contribution < -0.4 is 10.1 Å². The SMILES string of the molecule is C=CCOc1ccc(C(F)(F)F)cc1C(=O)N1CCC(CNCC)CC1.Cl. The van der Waals surface area contributed by atoms with E-state index in [1.807, 2.05) is 6.92 Å². The summed E-state index contributed by atoms with van der Waals surface area (Å²) in [6, 6.07) is 3.01. The Kier molecular flexibility index (Phi) is 9.12. The molecule has 1 saturated heterocycles. The maximum absolute atomic E-state index is 13.0. The quantitative estimate of drug-likeness (QED) is 0.691. The van der Waals surface area contributed by atoms with Crippen LogP contribution in [0.3, 0.4) is 0 Å². The highest BCUT2D eigenvalue weighted by molar-refractivity contribution is 5.97. The first-order valence-electron chi connectivity index (χ1n) is 8.81. The van der Waals surface area contributed by atoms with Crippen molar-refractivity contribution in [3.8, 4) is 5.75 Å². The molecule has 1 heterocycles. The van der Waals surface area contributed by atoms with Crippen molar-refractivity contribution in [3.05, 3.63) is 42.0 Å². The average Bonchev–Trinajstić information content (AvgIpc) is 2.63. The summed E-state index contributed by atoms with van der Waals surface area (Å²) in [6.45, 7) is 8.55. The summed E-state index contributed by atoms with van der Waals surface area (Å²) in [6.07, 6.45) is -1.36. The molecule has 0 unspecified atom stereocenters. The van der Waals surface area contributed by atoms with E-state index in [1.54, 1.807) is 4.90 Å². The summed E-state index contributed by atoms with van der Waals surface area (Å²) < 4.78 is 44.5. The first-order chi connectivity index (χ1) is 12.4. The van der Waals surface area contributed by atoms with Crippen LogP contribution in [-0.4, -0.2) is 43.6 Å². The van der Waals surface area contributed by atoms with Crippen molar-refractivity contribution < 1.29 is 22.7 Å². The number of piperidine rings is 1. The summed E-state index contributed by atoms with van der Waals surface area (Å²) in [4.78, 5) is 14.4. The molecule has 0 bridgehead atoms. The fourth-order valence-corrected chi connectivity index (χ4v) is 3.01. The molecule has 1 N–H and O–H groups in total. The average molecular weight is 407 g/mol. The second kappa shape index (κ2) is 10.6. The number of carbonyl (C=O) groups is 1. The summed E-state index contributed by atoms with van der Waals surface area (Å²) >= 11 is 0. The van der Waals surface area contributed by atoms with E-state index in [0.717, 1.165) is 38.1 Å². The van der Waals surface area contributed by atoms with Crippen molar-refractivity contribution in [3.63, 3.8) is 0 Å². The number of likely N-dealkylation sites (tertiary alicyclic amines) is 1. The molecule has 1 amide bonds. The van der Waals surface area contributed by atoms with Crippen molar-refractivity contribution in [2.75, 3.05) is 32.8 Å². The van der Waals surface area contributed by atoms with Crippen LogP contribution in [0.15, 0.2) is 30.9 Å². The van der Waals surface area contributed by atoms with Crippen LogP contribution >= 0.6 is 12.4 Å². The van der Waals surface area contributed by atoms with Gasteiger partial charge < -0.3 is 15.0 Å². The Hall–Kier alpha value is -1.73. The second-order valence-electron chi connectivity index (χ2n) is 6.35. The van der Waals surface area contributed by atoms with E-state index in [0.29, 0.717) is 19.0 Å². The highest BCUT2D eigenvalue weighted by atomic mass is 35.5. The Morgan fingerprint density at radius 3 is 2.59 bits per heavy atom. The molecular formula is C19H26ClF3N2O2. The molecule has 1 aromatic rings. The first kappa shape index (κ1) is 23.3. The van der Waals surface area contributed by atoms with Crippen molar-refractivity contribution in [1.82, 2.24) is 10.2 Å². The predicted octanol–water partition coefficient (Wildman–Crippen LogP) is 4.15. The number of hydrogen-bond donors (Lipinski definition) is 1. The summed E-state index contributed by atoms with van der Waals surface area (Å²) in [7, 11) is 0. The van der Waals surface area contributed by atoms with Crippen LogP contribution in [0.25, 0.3) is 0 Å². The maximum atomic E-state index is 13.0. The van der Waals surface area contributed by atoms with Crippen molar-refractivity contribution in [2.24, 2.45) is 5.92 Å². The molecule has 0 saturated carbocycles. The highest BCUT2D eigenvalue weighted by Crippen LogP contribution is 2.33. The van der Waals surface area contributed by atoms with Crippen molar-refractivity contribution >= 4 is 18.3 Å². The van der Waals surface area contributed by atoms with E-state index in [9.17, 15) is 18.0 Å². The third kappa shape index (κ3) is 6.43. The van der Waals surface area contributed by atoms with Gasteiger partial charge >= 0.3 is 6.18 Å². The summed E-state index contributed by atoms with van der Waals surface area (Å²) in [5.74, 6) is 0.215. The van der Waals surface area contributed by atoms with Gasteiger partial charge in [-0.2, -0.15) is 13.2 Å². The van der Waals surface area contributed by atoms with Crippen LogP contribution in [0.1, 0.15) is 35.7 Å². The Morgan fingerprint density at radius 1 is 1.37 bits per heavy atom. The van der Waals surface area contributed by atoms with Crippen molar-refractivity contribution in [2.45, 2.75) is 25.9 Å². The molecule has 1 aliphatic heterocycles. The maximum Gasteiger partial charge on any atom is 0.416 e. The molecule has 0 aromatic heterocycles. The number of hydrogen-bond acceptors (Lipinski definition) is 3. The number of ether oxygens (including phenoxy) is 1. The highest BCUT2D eigenvalue weighted by Gasteiger charge is 2.33. The van der Waals surface area contributed by atoms with Crippen molar-refractivity contribution in [1.29, 1.82) is 0 Å². The Bertz CT molecular complexity index is 630. The van der Waals surface area contributed by atoms with Gasteiger partial charge in [0.15, 0.2) is 0 Å². The van der Waals surface area contributed by atoms with Crippen LogP contribution in [-0.2, 0) is 6.18 Å². The molecule has 1 aliphatic rings. The third-order valence-electron chi connectivity index (χ3n) is 4.48. The Morgan fingerprint density at radius 2 is 2.04 bits per heavy atom. The van der Waals surface area contributed by atoms with Gasteiger partial charge in [-0.05, 0) is 50.0 Å². The second-order valence-corrected chi connectivity index (χ2v) is 6.35. The zero-order valence-corrected chi connectivity index (χ0v) is 16.2. The Labute approximate surface area is 164 Å². The molecule has 0 spiro atoms. The normalized spacial score (nSPS) is 15.2. The largest absolute Gasteiger partial charge is 0.489 e. The van der Waals surface area contributed by atoms with Crippen LogP contribution in [0.4, 0.5) is 13.2 Å². The monoisotopic (exact) mass is 406 g/mol.